The topological polar surface area (TPSA) is 53.2 Å². The summed E-state index contributed by atoms with van der Waals surface area (Å²) in [7, 11) is 0. The number of amides is 1. The third kappa shape index (κ3) is 3.40. The molecule has 0 saturated carbocycles. The molecule has 0 radical (unpaired) electrons. The van der Waals surface area contributed by atoms with Gasteiger partial charge in [-0.1, -0.05) is 26.7 Å². The molecule has 0 bridgehead atoms. The van der Waals surface area contributed by atoms with Crippen LogP contribution in [0, 0.1) is 5.92 Å². The number of rotatable bonds is 5. The average Bonchev–Trinajstić information content (AvgIpc) is 2.47. The van der Waals surface area contributed by atoms with Gasteiger partial charge in [-0.3, -0.25) is 4.79 Å². The second kappa shape index (κ2) is 6.45. The van der Waals surface area contributed by atoms with Gasteiger partial charge < -0.3 is 16.0 Å². The van der Waals surface area contributed by atoms with Crippen molar-refractivity contribution in [3.63, 3.8) is 0 Å². The molecule has 1 aliphatic rings. The van der Waals surface area contributed by atoms with Gasteiger partial charge in [-0.05, 0) is 24.1 Å². The minimum Gasteiger partial charge on any atom is -0.382 e. The van der Waals surface area contributed by atoms with E-state index < -0.39 is 0 Å². The number of anilines is 2. The maximum atomic E-state index is 12.1. The first-order chi connectivity index (χ1) is 9.24. The Morgan fingerprint density at radius 1 is 1.21 bits per heavy atom. The summed E-state index contributed by atoms with van der Waals surface area (Å²) in [5.74, 6) is 0.587. The van der Waals surface area contributed by atoms with E-state index >= 15 is 0 Å². The smallest absolute Gasteiger partial charge is 0.251 e. The monoisotopic (exact) mass is 261 g/mol. The molecular weight excluding hydrogens is 238 g/mol. The maximum absolute atomic E-state index is 12.1. The molecule has 0 aliphatic carbocycles. The zero-order valence-electron chi connectivity index (χ0n) is 11.8. The Morgan fingerprint density at radius 2 is 1.89 bits per heavy atom. The Labute approximate surface area is 115 Å². The highest BCUT2D eigenvalue weighted by Gasteiger charge is 2.13. The first kappa shape index (κ1) is 13.7. The molecule has 4 nitrogen and oxygen atoms in total. The van der Waals surface area contributed by atoms with Crippen molar-refractivity contribution in [2.24, 2.45) is 5.92 Å². The lowest BCUT2D eigenvalue weighted by molar-refractivity contribution is 0.0946. The Morgan fingerprint density at radius 3 is 2.58 bits per heavy atom. The summed E-state index contributed by atoms with van der Waals surface area (Å²) in [4.78, 5) is 12.1. The second-order valence-electron chi connectivity index (χ2n) is 5.01. The molecule has 0 fully saturated rings. The molecule has 2 rings (SSSR count). The summed E-state index contributed by atoms with van der Waals surface area (Å²) >= 11 is 0. The zero-order chi connectivity index (χ0) is 13.7. The van der Waals surface area contributed by atoms with Crippen molar-refractivity contribution in [2.45, 2.75) is 26.7 Å². The van der Waals surface area contributed by atoms with Crippen LogP contribution in [-0.4, -0.2) is 25.5 Å². The van der Waals surface area contributed by atoms with E-state index in [9.17, 15) is 4.79 Å². The fourth-order valence-electron chi connectivity index (χ4n) is 2.30. The zero-order valence-corrected chi connectivity index (χ0v) is 11.8. The molecule has 1 aromatic rings. The number of carbonyl (C=O) groups excluding carboxylic acids is 1. The van der Waals surface area contributed by atoms with Crippen LogP contribution in [0.2, 0.25) is 0 Å². The van der Waals surface area contributed by atoms with Crippen molar-refractivity contribution in [3.8, 4) is 0 Å². The summed E-state index contributed by atoms with van der Waals surface area (Å²) in [6, 6.07) is 5.76. The second-order valence-corrected chi connectivity index (χ2v) is 5.01. The highest BCUT2D eigenvalue weighted by atomic mass is 16.1. The molecular formula is C15H23N3O. The minimum absolute atomic E-state index is 0.0158. The molecule has 0 spiro atoms. The van der Waals surface area contributed by atoms with E-state index in [-0.39, 0.29) is 5.91 Å². The van der Waals surface area contributed by atoms with E-state index in [1.807, 2.05) is 18.2 Å². The Balaban J connectivity index is 1.99. The number of hydrogen-bond donors (Lipinski definition) is 3. The van der Waals surface area contributed by atoms with Crippen LogP contribution in [0.1, 0.15) is 37.0 Å². The summed E-state index contributed by atoms with van der Waals surface area (Å²) in [5.41, 5.74) is 2.81. The Hall–Kier alpha value is -1.71. The SMILES string of the molecule is CCC(CC)CNC(=O)c1ccc2c(c1)NCCN2. The number of benzene rings is 1. The molecule has 1 aliphatic heterocycles. The van der Waals surface area contributed by atoms with Crippen LogP contribution in [0.25, 0.3) is 0 Å². The lowest BCUT2D eigenvalue weighted by Gasteiger charge is -2.20. The molecule has 0 saturated heterocycles. The normalized spacial score (nSPS) is 13.4. The van der Waals surface area contributed by atoms with Gasteiger partial charge in [0, 0.05) is 25.2 Å². The average molecular weight is 261 g/mol. The van der Waals surface area contributed by atoms with Gasteiger partial charge in [0.1, 0.15) is 0 Å². The third-order valence-corrected chi connectivity index (χ3v) is 3.74. The quantitative estimate of drug-likeness (QED) is 0.764. The standard InChI is InChI=1S/C15H23N3O/c1-3-11(4-2)10-18-15(19)12-5-6-13-14(9-12)17-8-7-16-13/h5-6,9,11,16-17H,3-4,7-8,10H2,1-2H3,(H,18,19). The van der Waals surface area contributed by atoms with Gasteiger partial charge in [0.15, 0.2) is 0 Å². The van der Waals surface area contributed by atoms with Gasteiger partial charge in [0.2, 0.25) is 0 Å². The molecule has 1 heterocycles. The van der Waals surface area contributed by atoms with Crippen LogP contribution in [0.5, 0.6) is 0 Å². The van der Waals surface area contributed by atoms with Crippen molar-refractivity contribution >= 4 is 17.3 Å². The molecule has 0 aromatic heterocycles. The van der Waals surface area contributed by atoms with Crippen LogP contribution < -0.4 is 16.0 Å². The van der Waals surface area contributed by atoms with Gasteiger partial charge in [-0.2, -0.15) is 0 Å². The Kier molecular flexibility index (Phi) is 4.66. The van der Waals surface area contributed by atoms with Crippen molar-refractivity contribution in [2.75, 3.05) is 30.3 Å². The predicted molar refractivity (Wildman–Crippen MR) is 79.8 cm³/mol. The minimum atomic E-state index is 0.0158. The number of fused-ring (bicyclic) bond motifs is 1. The number of hydrogen-bond acceptors (Lipinski definition) is 3. The molecule has 3 N–H and O–H groups in total. The molecule has 1 amide bonds. The van der Waals surface area contributed by atoms with Crippen LogP contribution in [0.3, 0.4) is 0 Å². The summed E-state index contributed by atoms with van der Waals surface area (Å²) in [6.07, 6.45) is 2.21. The van der Waals surface area contributed by atoms with Gasteiger partial charge >= 0.3 is 0 Å². The van der Waals surface area contributed by atoms with Crippen LogP contribution in [-0.2, 0) is 0 Å². The van der Waals surface area contributed by atoms with E-state index in [1.54, 1.807) is 0 Å². The van der Waals surface area contributed by atoms with Crippen molar-refractivity contribution in [1.82, 2.24) is 5.32 Å². The van der Waals surface area contributed by atoms with Gasteiger partial charge in [-0.15, -0.1) is 0 Å². The van der Waals surface area contributed by atoms with E-state index in [1.165, 1.54) is 0 Å². The fraction of sp³-hybridized carbons (Fsp3) is 0.533. The Bertz CT molecular complexity index is 441. The highest BCUT2D eigenvalue weighted by molar-refractivity contribution is 5.96. The maximum Gasteiger partial charge on any atom is 0.251 e. The lowest BCUT2D eigenvalue weighted by atomic mass is 10.0. The molecule has 104 valence electrons. The van der Waals surface area contributed by atoms with E-state index in [4.69, 9.17) is 0 Å². The predicted octanol–water partition coefficient (Wildman–Crippen LogP) is 2.69. The van der Waals surface area contributed by atoms with Crippen molar-refractivity contribution < 1.29 is 4.79 Å². The van der Waals surface area contributed by atoms with E-state index in [0.29, 0.717) is 5.92 Å². The molecule has 1 aromatic carbocycles. The number of nitrogens with one attached hydrogen (secondary N) is 3. The van der Waals surface area contributed by atoms with Crippen LogP contribution >= 0.6 is 0 Å². The first-order valence-electron chi connectivity index (χ1n) is 7.14. The van der Waals surface area contributed by atoms with Gasteiger partial charge in [0.05, 0.1) is 11.4 Å². The lowest BCUT2D eigenvalue weighted by Crippen LogP contribution is -2.29. The molecule has 4 heteroatoms. The summed E-state index contributed by atoms with van der Waals surface area (Å²) < 4.78 is 0. The number of carbonyl (C=O) groups is 1. The summed E-state index contributed by atoms with van der Waals surface area (Å²) in [6.45, 7) is 6.90. The van der Waals surface area contributed by atoms with Gasteiger partial charge in [-0.25, -0.2) is 0 Å². The van der Waals surface area contributed by atoms with Crippen molar-refractivity contribution in [3.05, 3.63) is 23.8 Å². The third-order valence-electron chi connectivity index (χ3n) is 3.74. The molecule has 19 heavy (non-hydrogen) atoms. The van der Waals surface area contributed by atoms with E-state index in [2.05, 4.69) is 29.8 Å². The van der Waals surface area contributed by atoms with Crippen LogP contribution in [0.15, 0.2) is 18.2 Å². The molecule has 0 unspecified atom stereocenters. The highest BCUT2D eigenvalue weighted by Crippen LogP contribution is 2.25. The van der Waals surface area contributed by atoms with Gasteiger partial charge in [0.25, 0.3) is 5.91 Å². The largest absolute Gasteiger partial charge is 0.382 e. The first-order valence-corrected chi connectivity index (χ1v) is 7.14. The molecule has 0 atom stereocenters. The van der Waals surface area contributed by atoms with E-state index in [0.717, 1.165) is 49.4 Å². The fourth-order valence-corrected chi connectivity index (χ4v) is 2.30. The van der Waals surface area contributed by atoms with Crippen molar-refractivity contribution in [1.29, 1.82) is 0 Å². The summed E-state index contributed by atoms with van der Waals surface area (Å²) in [5, 5.41) is 9.63. The van der Waals surface area contributed by atoms with Crippen LogP contribution in [0.4, 0.5) is 11.4 Å².